The molecule has 25 heavy (non-hydrogen) atoms. The van der Waals surface area contributed by atoms with Crippen LogP contribution >= 0.6 is 0 Å². The molecule has 1 aromatic heterocycles. The Morgan fingerprint density at radius 1 is 1.08 bits per heavy atom. The van der Waals surface area contributed by atoms with Crippen molar-refractivity contribution in [3.63, 3.8) is 0 Å². The Labute approximate surface area is 146 Å². The van der Waals surface area contributed by atoms with Gasteiger partial charge < -0.3 is 5.10 Å². The highest BCUT2D eigenvalue weighted by Crippen LogP contribution is 2.25. The molecule has 1 aromatic carbocycles. The first-order valence-electron chi connectivity index (χ1n) is 8.17. The van der Waals surface area contributed by atoms with E-state index in [1.54, 1.807) is 19.1 Å². The van der Waals surface area contributed by atoms with Gasteiger partial charge in [0.05, 0.1) is 16.3 Å². The van der Waals surface area contributed by atoms with Gasteiger partial charge in [-0.2, -0.15) is 9.42 Å². The second-order valence-corrected chi connectivity index (χ2v) is 8.27. The minimum atomic E-state index is -3.47. The van der Waals surface area contributed by atoms with E-state index in [4.69, 9.17) is 0 Å². The highest BCUT2D eigenvalue weighted by Gasteiger charge is 2.27. The standard InChI is InChI=1S/C16H21N5O3S/c1-11-7-9-21(10-8-11)25(23,24)14-5-3-13(4-6-14)18-19-15-12(2)17-20-16(15)22/h3-6,11H,7-10H2,1-2H3,(H2,17,20,22). The summed E-state index contributed by atoms with van der Waals surface area (Å²) in [6.07, 6.45) is 1.77. The van der Waals surface area contributed by atoms with Crippen molar-refractivity contribution in [1.29, 1.82) is 0 Å². The van der Waals surface area contributed by atoms with Crippen LogP contribution in [0.1, 0.15) is 25.5 Å². The number of hydrogen-bond donors (Lipinski definition) is 2. The van der Waals surface area contributed by atoms with Gasteiger partial charge in [0.15, 0.2) is 5.69 Å². The van der Waals surface area contributed by atoms with Crippen molar-refractivity contribution in [2.24, 2.45) is 16.1 Å². The lowest BCUT2D eigenvalue weighted by molar-refractivity contribution is 0.288. The number of rotatable bonds is 4. The molecule has 2 N–H and O–H groups in total. The van der Waals surface area contributed by atoms with Gasteiger partial charge in [-0.05, 0) is 49.9 Å². The largest absolute Gasteiger partial charge is 0.300 e. The van der Waals surface area contributed by atoms with Gasteiger partial charge in [0.2, 0.25) is 10.0 Å². The van der Waals surface area contributed by atoms with Crippen molar-refractivity contribution >= 4 is 21.4 Å². The first-order chi connectivity index (χ1) is 11.9. The highest BCUT2D eigenvalue weighted by molar-refractivity contribution is 7.89. The fraction of sp³-hybridized carbons (Fsp3) is 0.438. The molecule has 1 aliphatic rings. The molecule has 1 saturated heterocycles. The normalized spacial score (nSPS) is 17.4. The minimum absolute atomic E-state index is 0.208. The molecule has 2 aromatic rings. The molecule has 0 unspecified atom stereocenters. The van der Waals surface area contributed by atoms with Crippen LogP contribution in [0.25, 0.3) is 0 Å². The predicted octanol–water partition coefficient (Wildman–Crippen LogP) is 2.85. The minimum Gasteiger partial charge on any atom is -0.300 e. The molecule has 9 heteroatoms. The van der Waals surface area contributed by atoms with Crippen LogP contribution in [0.4, 0.5) is 11.4 Å². The summed E-state index contributed by atoms with van der Waals surface area (Å²) in [5, 5.41) is 13.0. The number of nitrogens with one attached hydrogen (secondary N) is 2. The van der Waals surface area contributed by atoms with Crippen LogP contribution < -0.4 is 5.56 Å². The van der Waals surface area contributed by atoms with Crippen LogP contribution in [0.5, 0.6) is 0 Å². The summed E-state index contributed by atoms with van der Waals surface area (Å²) in [5.41, 5.74) is 0.928. The van der Waals surface area contributed by atoms with Gasteiger partial charge in [-0.1, -0.05) is 6.92 Å². The molecule has 134 valence electrons. The lowest BCUT2D eigenvalue weighted by Crippen LogP contribution is -2.37. The molecule has 0 spiro atoms. The molecule has 0 aliphatic carbocycles. The van der Waals surface area contributed by atoms with Crippen molar-refractivity contribution in [3.05, 3.63) is 40.3 Å². The van der Waals surface area contributed by atoms with E-state index in [-0.39, 0.29) is 16.1 Å². The zero-order valence-electron chi connectivity index (χ0n) is 14.2. The molecule has 1 aliphatic heterocycles. The Morgan fingerprint density at radius 3 is 2.28 bits per heavy atom. The number of sulfonamides is 1. The third-order valence-electron chi connectivity index (χ3n) is 4.42. The summed E-state index contributed by atoms with van der Waals surface area (Å²) in [4.78, 5) is 11.8. The molecule has 0 radical (unpaired) electrons. The highest BCUT2D eigenvalue weighted by atomic mass is 32.2. The van der Waals surface area contributed by atoms with Crippen LogP contribution in [-0.2, 0) is 10.0 Å². The van der Waals surface area contributed by atoms with Crippen molar-refractivity contribution in [3.8, 4) is 0 Å². The number of H-pyrrole nitrogens is 2. The first-order valence-corrected chi connectivity index (χ1v) is 9.61. The summed E-state index contributed by atoms with van der Waals surface area (Å²) in [5.74, 6) is 0.564. The van der Waals surface area contributed by atoms with Crippen molar-refractivity contribution in [2.45, 2.75) is 31.6 Å². The lowest BCUT2D eigenvalue weighted by atomic mass is 10.0. The van der Waals surface area contributed by atoms with Crippen LogP contribution in [-0.4, -0.2) is 36.0 Å². The summed E-state index contributed by atoms with van der Waals surface area (Å²) in [7, 11) is -3.47. The number of azo groups is 1. The fourth-order valence-corrected chi connectivity index (χ4v) is 4.20. The predicted molar refractivity (Wildman–Crippen MR) is 93.9 cm³/mol. The van der Waals surface area contributed by atoms with Crippen molar-refractivity contribution in [2.75, 3.05) is 13.1 Å². The number of benzene rings is 1. The second-order valence-electron chi connectivity index (χ2n) is 6.33. The van der Waals surface area contributed by atoms with E-state index in [0.29, 0.717) is 30.4 Å². The van der Waals surface area contributed by atoms with Crippen LogP contribution in [0.15, 0.2) is 44.2 Å². The van der Waals surface area contributed by atoms with Gasteiger partial charge in [-0.15, -0.1) is 5.11 Å². The van der Waals surface area contributed by atoms with Crippen molar-refractivity contribution in [1.82, 2.24) is 14.5 Å². The number of aromatic nitrogens is 2. The van der Waals surface area contributed by atoms with Gasteiger partial charge >= 0.3 is 0 Å². The molecule has 0 bridgehead atoms. The van der Waals surface area contributed by atoms with E-state index in [2.05, 4.69) is 27.3 Å². The molecule has 2 heterocycles. The summed E-state index contributed by atoms with van der Waals surface area (Å²) in [6, 6.07) is 6.21. The Kier molecular flexibility index (Phi) is 4.87. The van der Waals surface area contributed by atoms with Crippen LogP contribution in [0, 0.1) is 12.8 Å². The van der Waals surface area contributed by atoms with Crippen LogP contribution in [0.3, 0.4) is 0 Å². The third-order valence-corrected chi connectivity index (χ3v) is 6.33. The molecule has 0 saturated carbocycles. The smallest absolute Gasteiger partial charge is 0.291 e. The zero-order chi connectivity index (χ0) is 18.0. The van der Waals surface area contributed by atoms with Gasteiger partial charge in [0.25, 0.3) is 5.56 Å². The number of aromatic amines is 2. The monoisotopic (exact) mass is 363 g/mol. The fourth-order valence-electron chi connectivity index (χ4n) is 2.73. The average molecular weight is 363 g/mol. The maximum Gasteiger partial charge on any atom is 0.291 e. The Hall–Kier alpha value is -2.26. The Morgan fingerprint density at radius 2 is 1.72 bits per heavy atom. The Bertz CT molecular complexity index is 919. The summed E-state index contributed by atoms with van der Waals surface area (Å²) in [6.45, 7) is 4.96. The average Bonchev–Trinajstić information content (AvgIpc) is 2.92. The number of aryl methyl sites for hydroxylation is 1. The molecule has 0 atom stereocenters. The summed E-state index contributed by atoms with van der Waals surface area (Å²) < 4.78 is 26.9. The Balaban J connectivity index is 1.77. The topological polar surface area (TPSA) is 111 Å². The van der Waals surface area contributed by atoms with Gasteiger partial charge in [0.1, 0.15) is 0 Å². The maximum absolute atomic E-state index is 12.7. The third kappa shape index (κ3) is 3.72. The second kappa shape index (κ2) is 6.93. The molecular formula is C16H21N5O3S. The van der Waals surface area contributed by atoms with Crippen molar-refractivity contribution < 1.29 is 8.42 Å². The number of piperidine rings is 1. The molecule has 0 amide bonds. The molecule has 1 fully saturated rings. The lowest BCUT2D eigenvalue weighted by Gasteiger charge is -2.29. The van der Waals surface area contributed by atoms with E-state index >= 15 is 0 Å². The van der Waals surface area contributed by atoms with Crippen LogP contribution in [0.2, 0.25) is 0 Å². The van der Waals surface area contributed by atoms with E-state index in [9.17, 15) is 13.2 Å². The van der Waals surface area contributed by atoms with E-state index < -0.39 is 10.0 Å². The van der Waals surface area contributed by atoms with E-state index in [1.807, 2.05) is 0 Å². The number of nitrogens with zero attached hydrogens (tertiary/aromatic N) is 3. The van der Waals surface area contributed by atoms with Gasteiger partial charge in [-0.3, -0.25) is 9.89 Å². The van der Waals surface area contributed by atoms with E-state index in [0.717, 1.165) is 12.8 Å². The molecule has 3 rings (SSSR count). The number of hydrogen-bond acceptors (Lipinski definition) is 5. The zero-order valence-corrected chi connectivity index (χ0v) is 15.0. The van der Waals surface area contributed by atoms with E-state index in [1.165, 1.54) is 16.4 Å². The van der Waals surface area contributed by atoms with Gasteiger partial charge in [-0.25, -0.2) is 8.42 Å². The first kappa shape index (κ1) is 17.6. The maximum atomic E-state index is 12.7. The van der Waals surface area contributed by atoms with Gasteiger partial charge in [0, 0.05) is 13.1 Å². The summed E-state index contributed by atoms with van der Waals surface area (Å²) >= 11 is 0. The quantitative estimate of drug-likeness (QED) is 0.815. The molecular weight excluding hydrogens is 342 g/mol. The SMILES string of the molecule is Cc1[nH][nH]c(=O)c1N=Nc1ccc(S(=O)(=O)N2CCC(C)CC2)cc1. The molecule has 8 nitrogen and oxygen atoms in total.